The number of aromatic nitrogens is 1. The SMILES string of the molecule is Nc1ccc2oc(-c3ccc4c(c3)-c3ccccc3C4)nc2c1. The molecule has 1 aromatic heterocycles. The smallest absolute Gasteiger partial charge is 0.227 e. The molecule has 2 N–H and O–H groups in total. The summed E-state index contributed by atoms with van der Waals surface area (Å²) in [6, 6.07) is 20.5. The molecule has 0 atom stereocenters. The first-order valence-corrected chi connectivity index (χ1v) is 7.65. The fourth-order valence-electron chi connectivity index (χ4n) is 3.32. The molecule has 0 radical (unpaired) electrons. The first-order chi connectivity index (χ1) is 11.3. The van der Waals surface area contributed by atoms with Gasteiger partial charge >= 0.3 is 0 Å². The number of anilines is 1. The summed E-state index contributed by atoms with van der Waals surface area (Å²) in [5.74, 6) is 0.637. The molecule has 0 saturated carbocycles. The third-order valence-electron chi connectivity index (χ3n) is 4.46. The Balaban J connectivity index is 1.67. The van der Waals surface area contributed by atoms with Gasteiger partial charge < -0.3 is 10.2 Å². The minimum atomic E-state index is 0.637. The van der Waals surface area contributed by atoms with Crippen LogP contribution < -0.4 is 5.73 Å². The third-order valence-corrected chi connectivity index (χ3v) is 4.46. The lowest BCUT2D eigenvalue weighted by molar-refractivity contribution is 0.620. The molecule has 0 spiro atoms. The van der Waals surface area contributed by atoms with Crippen LogP contribution in [0.4, 0.5) is 5.69 Å². The van der Waals surface area contributed by atoms with Crippen molar-refractivity contribution in [3.63, 3.8) is 0 Å². The molecule has 1 heterocycles. The first-order valence-electron chi connectivity index (χ1n) is 7.65. The zero-order valence-electron chi connectivity index (χ0n) is 12.4. The van der Waals surface area contributed by atoms with Crippen molar-refractivity contribution in [1.82, 2.24) is 4.98 Å². The topological polar surface area (TPSA) is 52.0 Å². The van der Waals surface area contributed by atoms with E-state index in [1.165, 1.54) is 22.3 Å². The summed E-state index contributed by atoms with van der Waals surface area (Å²) >= 11 is 0. The number of fused-ring (bicyclic) bond motifs is 4. The molecule has 0 fully saturated rings. The van der Waals surface area contributed by atoms with E-state index in [2.05, 4.69) is 47.4 Å². The Morgan fingerprint density at radius 1 is 0.870 bits per heavy atom. The molecule has 0 amide bonds. The van der Waals surface area contributed by atoms with Crippen LogP contribution in [0.15, 0.2) is 65.1 Å². The number of nitrogens with zero attached hydrogens (tertiary/aromatic N) is 1. The Morgan fingerprint density at radius 2 is 1.74 bits per heavy atom. The van der Waals surface area contributed by atoms with E-state index in [1.807, 2.05) is 18.2 Å². The third kappa shape index (κ3) is 1.87. The summed E-state index contributed by atoms with van der Waals surface area (Å²) in [5.41, 5.74) is 14.4. The molecule has 5 rings (SSSR count). The largest absolute Gasteiger partial charge is 0.436 e. The van der Waals surface area contributed by atoms with Gasteiger partial charge in [-0.3, -0.25) is 0 Å². The number of benzene rings is 3. The van der Waals surface area contributed by atoms with E-state index < -0.39 is 0 Å². The van der Waals surface area contributed by atoms with Crippen molar-refractivity contribution < 1.29 is 4.42 Å². The minimum absolute atomic E-state index is 0.637. The highest BCUT2D eigenvalue weighted by Gasteiger charge is 2.19. The number of hydrogen-bond donors (Lipinski definition) is 1. The highest BCUT2D eigenvalue weighted by Crippen LogP contribution is 2.39. The Kier molecular flexibility index (Phi) is 2.42. The predicted octanol–water partition coefficient (Wildman–Crippen LogP) is 4.65. The second-order valence-electron chi connectivity index (χ2n) is 5.95. The molecular formula is C20H14N2O. The minimum Gasteiger partial charge on any atom is -0.436 e. The fourth-order valence-corrected chi connectivity index (χ4v) is 3.32. The van der Waals surface area contributed by atoms with E-state index in [9.17, 15) is 0 Å². The van der Waals surface area contributed by atoms with E-state index in [1.54, 1.807) is 0 Å². The Morgan fingerprint density at radius 3 is 2.70 bits per heavy atom. The molecule has 4 aromatic rings. The standard InChI is InChI=1S/C20H14N2O/c21-15-7-8-19-18(11-15)22-20(23-19)14-6-5-13-9-12-3-1-2-4-16(12)17(13)10-14/h1-8,10-11H,9,21H2. The van der Waals surface area contributed by atoms with E-state index in [-0.39, 0.29) is 0 Å². The predicted molar refractivity (Wildman–Crippen MR) is 92.1 cm³/mol. The second kappa shape index (κ2) is 4.46. The summed E-state index contributed by atoms with van der Waals surface area (Å²) in [6.07, 6.45) is 0.996. The number of hydrogen-bond acceptors (Lipinski definition) is 3. The fraction of sp³-hybridized carbons (Fsp3) is 0.0500. The van der Waals surface area contributed by atoms with Crippen molar-refractivity contribution in [2.75, 3.05) is 5.73 Å². The maximum Gasteiger partial charge on any atom is 0.227 e. The van der Waals surface area contributed by atoms with Crippen molar-refractivity contribution in [2.45, 2.75) is 6.42 Å². The average Bonchev–Trinajstić information content (AvgIpc) is 3.14. The molecule has 1 aliphatic carbocycles. The number of nitrogen functional groups attached to an aromatic ring is 1. The van der Waals surface area contributed by atoms with Gasteiger partial charge in [0.15, 0.2) is 5.58 Å². The molecule has 23 heavy (non-hydrogen) atoms. The zero-order valence-corrected chi connectivity index (χ0v) is 12.4. The van der Waals surface area contributed by atoms with Gasteiger partial charge in [0, 0.05) is 11.3 Å². The maximum atomic E-state index is 5.89. The van der Waals surface area contributed by atoms with E-state index in [0.717, 1.165) is 23.1 Å². The molecule has 0 aliphatic heterocycles. The normalized spacial score (nSPS) is 12.3. The molecule has 0 saturated heterocycles. The Bertz CT molecular complexity index is 1060. The van der Waals surface area contributed by atoms with Crippen molar-refractivity contribution >= 4 is 16.8 Å². The number of rotatable bonds is 1. The first kappa shape index (κ1) is 12.5. The van der Waals surface area contributed by atoms with Crippen molar-refractivity contribution in [1.29, 1.82) is 0 Å². The summed E-state index contributed by atoms with van der Waals surface area (Å²) < 4.78 is 5.89. The van der Waals surface area contributed by atoms with Crippen LogP contribution in [0.25, 0.3) is 33.7 Å². The quantitative estimate of drug-likeness (QED) is 0.458. The van der Waals surface area contributed by atoms with Crippen LogP contribution in [0.1, 0.15) is 11.1 Å². The molecule has 0 unspecified atom stereocenters. The summed E-state index contributed by atoms with van der Waals surface area (Å²) in [7, 11) is 0. The van der Waals surface area contributed by atoms with Crippen LogP contribution in [0.5, 0.6) is 0 Å². The molecule has 3 nitrogen and oxygen atoms in total. The average molecular weight is 298 g/mol. The van der Waals surface area contributed by atoms with Crippen LogP contribution in [0.3, 0.4) is 0 Å². The van der Waals surface area contributed by atoms with Gasteiger partial charge in [-0.1, -0.05) is 30.3 Å². The zero-order chi connectivity index (χ0) is 15.4. The van der Waals surface area contributed by atoms with Crippen LogP contribution in [0.2, 0.25) is 0 Å². The van der Waals surface area contributed by atoms with E-state index >= 15 is 0 Å². The summed E-state index contributed by atoms with van der Waals surface area (Å²) in [5, 5.41) is 0. The van der Waals surface area contributed by atoms with Crippen LogP contribution in [-0.2, 0) is 6.42 Å². The monoisotopic (exact) mass is 298 g/mol. The summed E-state index contributed by atoms with van der Waals surface area (Å²) in [6.45, 7) is 0. The van der Waals surface area contributed by atoms with Gasteiger partial charge in [-0.05, 0) is 59.0 Å². The summed E-state index contributed by atoms with van der Waals surface area (Å²) in [4.78, 5) is 4.58. The van der Waals surface area contributed by atoms with Crippen molar-refractivity contribution in [2.24, 2.45) is 0 Å². The molecule has 1 aliphatic rings. The van der Waals surface area contributed by atoms with Gasteiger partial charge in [0.1, 0.15) is 5.52 Å². The lowest BCUT2D eigenvalue weighted by atomic mass is 10.0. The number of nitrogens with two attached hydrogens (primary N) is 1. The highest BCUT2D eigenvalue weighted by molar-refractivity contribution is 5.83. The van der Waals surface area contributed by atoms with E-state index in [4.69, 9.17) is 10.2 Å². The van der Waals surface area contributed by atoms with Crippen LogP contribution in [-0.4, -0.2) is 4.98 Å². The van der Waals surface area contributed by atoms with Gasteiger partial charge in [-0.15, -0.1) is 0 Å². The molecule has 3 heteroatoms. The number of oxazole rings is 1. The van der Waals surface area contributed by atoms with Gasteiger partial charge in [0.05, 0.1) is 0 Å². The molecular weight excluding hydrogens is 284 g/mol. The van der Waals surface area contributed by atoms with Crippen LogP contribution >= 0.6 is 0 Å². The van der Waals surface area contributed by atoms with Gasteiger partial charge in [0.25, 0.3) is 0 Å². The molecule has 3 aromatic carbocycles. The Labute approximate surface area is 133 Å². The molecule has 110 valence electrons. The van der Waals surface area contributed by atoms with Gasteiger partial charge in [-0.25, -0.2) is 4.98 Å². The van der Waals surface area contributed by atoms with Crippen LogP contribution in [0, 0.1) is 0 Å². The highest BCUT2D eigenvalue weighted by atomic mass is 16.3. The molecule has 0 bridgehead atoms. The second-order valence-corrected chi connectivity index (χ2v) is 5.95. The Hall–Kier alpha value is -3.07. The maximum absolute atomic E-state index is 5.89. The lowest BCUT2D eigenvalue weighted by Gasteiger charge is -2.02. The lowest BCUT2D eigenvalue weighted by Crippen LogP contribution is -1.83. The van der Waals surface area contributed by atoms with E-state index in [0.29, 0.717) is 11.6 Å². The van der Waals surface area contributed by atoms with Crippen molar-refractivity contribution in [3.05, 3.63) is 71.8 Å². The van der Waals surface area contributed by atoms with Gasteiger partial charge in [0.2, 0.25) is 5.89 Å². The van der Waals surface area contributed by atoms with Crippen molar-refractivity contribution in [3.8, 4) is 22.6 Å². The van der Waals surface area contributed by atoms with Gasteiger partial charge in [-0.2, -0.15) is 0 Å².